The van der Waals surface area contributed by atoms with Crippen molar-refractivity contribution in [1.29, 1.82) is 0 Å². The number of aliphatic hydroxyl groups is 1. The molecular weight excluding hydrogens is 268 g/mol. The summed E-state index contributed by atoms with van der Waals surface area (Å²) in [4.78, 5) is 8.63. The molecule has 2 rings (SSSR count). The Kier molecular flexibility index (Phi) is 3.31. The predicted molar refractivity (Wildman–Crippen MR) is 65.8 cm³/mol. The Hall–Kier alpha value is -1.26. The van der Waals surface area contributed by atoms with Crippen molar-refractivity contribution in [3.8, 4) is 11.4 Å². The number of halogens is 1. The molecule has 1 heterocycles. The van der Waals surface area contributed by atoms with Crippen LogP contribution in [0.5, 0.6) is 0 Å². The summed E-state index contributed by atoms with van der Waals surface area (Å²) in [6.45, 7) is 1.83. The molecule has 3 nitrogen and oxygen atoms in total. The molecule has 0 aliphatic carbocycles. The molecule has 0 atom stereocenters. The SMILES string of the molecule is Cc1cc(CO)nc(-c2cccc(Br)c2)n1. The Morgan fingerprint density at radius 1 is 1.25 bits per heavy atom. The molecule has 0 radical (unpaired) electrons. The first kappa shape index (κ1) is 11.2. The number of aromatic nitrogens is 2. The van der Waals surface area contributed by atoms with E-state index in [0.29, 0.717) is 11.5 Å². The van der Waals surface area contributed by atoms with Crippen LogP contribution in [0.2, 0.25) is 0 Å². The van der Waals surface area contributed by atoms with Gasteiger partial charge in [0.2, 0.25) is 0 Å². The zero-order valence-corrected chi connectivity index (χ0v) is 10.4. The molecule has 4 heteroatoms. The maximum Gasteiger partial charge on any atom is 0.159 e. The first-order chi connectivity index (χ1) is 7.69. The quantitative estimate of drug-likeness (QED) is 0.919. The molecule has 0 unspecified atom stereocenters. The lowest BCUT2D eigenvalue weighted by Crippen LogP contribution is -1.97. The van der Waals surface area contributed by atoms with Gasteiger partial charge >= 0.3 is 0 Å². The van der Waals surface area contributed by atoms with Crippen molar-refractivity contribution in [3.63, 3.8) is 0 Å². The van der Waals surface area contributed by atoms with Crippen molar-refractivity contribution in [2.75, 3.05) is 0 Å². The lowest BCUT2D eigenvalue weighted by Gasteiger charge is -2.04. The van der Waals surface area contributed by atoms with Crippen LogP contribution in [-0.4, -0.2) is 15.1 Å². The third-order valence-electron chi connectivity index (χ3n) is 2.15. The predicted octanol–water partition coefficient (Wildman–Crippen LogP) is 2.71. The van der Waals surface area contributed by atoms with Gasteiger partial charge in [-0.15, -0.1) is 0 Å². The lowest BCUT2D eigenvalue weighted by molar-refractivity contribution is 0.276. The molecule has 1 aromatic heterocycles. The molecule has 16 heavy (non-hydrogen) atoms. The van der Waals surface area contributed by atoms with Crippen molar-refractivity contribution in [1.82, 2.24) is 9.97 Å². The Bertz CT molecular complexity index is 514. The summed E-state index contributed by atoms with van der Waals surface area (Å²) < 4.78 is 0.987. The number of benzene rings is 1. The second-order valence-electron chi connectivity index (χ2n) is 3.49. The number of rotatable bonds is 2. The maximum absolute atomic E-state index is 9.09. The number of nitrogens with zero attached hydrogens (tertiary/aromatic N) is 2. The molecule has 1 aromatic carbocycles. The van der Waals surface area contributed by atoms with Crippen LogP contribution >= 0.6 is 15.9 Å². The van der Waals surface area contributed by atoms with Gasteiger partial charge in [0.1, 0.15) is 0 Å². The Labute approximate surface area is 102 Å². The number of hydrogen-bond donors (Lipinski definition) is 1. The molecule has 2 aromatic rings. The second-order valence-corrected chi connectivity index (χ2v) is 4.41. The van der Waals surface area contributed by atoms with Crippen molar-refractivity contribution in [3.05, 3.63) is 46.2 Å². The molecule has 0 aliphatic rings. The van der Waals surface area contributed by atoms with Gasteiger partial charge in [-0.05, 0) is 25.1 Å². The standard InChI is InChI=1S/C12H11BrN2O/c1-8-5-11(7-16)15-12(14-8)9-3-2-4-10(13)6-9/h2-6,16H,7H2,1H3. The summed E-state index contributed by atoms with van der Waals surface area (Å²) in [6, 6.07) is 9.56. The summed E-state index contributed by atoms with van der Waals surface area (Å²) in [7, 11) is 0. The van der Waals surface area contributed by atoms with Crippen molar-refractivity contribution >= 4 is 15.9 Å². The van der Waals surface area contributed by atoms with E-state index in [-0.39, 0.29) is 6.61 Å². The summed E-state index contributed by atoms with van der Waals surface area (Å²) in [6.07, 6.45) is 0. The van der Waals surface area contributed by atoms with E-state index in [1.807, 2.05) is 31.2 Å². The lowest BCUT2D eigenvalue weighted by atomic mass is 10.2. The van der Waals surface area contributed by atoms with Gasteiger partial charge in [0.25, 0.3) is 0 Å². The van der Waals surface area contributed by atoms with Gasteiger partial charge in [-0.2, -0.15) is 0 Å². The largest absolute Gasteiger partial charge is 0.390 e. The zero-order chi connectivity index (χ0) is 11.5. The van der Waals surface area contributed by atoms with Crippen LogP contribution in [0.1, 0.15) is 11.4 Å². The van der Waals surface area contributed by atoms with Gasteiger partial charge in [-0.3, -0.25) is 0 Å². The highest BCUT2D eigenvalue weighted by molar-refractivity contribution is 9.10. The van der Waals surface area contributed by atoms with Gasteiger partial charge < -0.3 is 5.11 Å². The number of aryl methyl sites for hydroxylation is 1. The highest BCUT2D eigenvalue weighted by Gasteiger charge is 2.04. The molecule has 0 aliphatic heterocycles. The monoisotopic (exact) mass is 278 g/mol. The fraction of sp³-hybridized carbons (Fsp3) is 0.167. The van der Waals surface area contributed by atoms with Gasteiger partial charge in [-0.25, -0.2) is 9.97 Å². The van der Waals surface area contributed by atoms with Crippen LogP contribution < -0.4 is 0 Å². The highest BCUT2D eigenvalue weighted by atomic mass is 79.9. The zero-order valence-electron chi connectivity index (χ0n) is 8.81. The molecule has 1 N–H and O–H groups in total. The summed E-state index contributed by atoms with van der Waals surface area (Å²) in [5, 5.41) is 9.09. The normalized spacial score (nSPS) is 10.4. The fourth-order valence-electron chi connectivity index (χ4n) is 1.47. The van der Waals surface area contributed by atoms with Crippen LogP contribution in [0.15, 0.2) is 34.8 Å². The number of aliphatic hydroxyl groups excluding tert-OH is 1. The third kappa shape index (κ3) is 2.46. The summed E-state index contributed by atoms with van der Waals surface area (Å²) in [5.41, 5.74) is 2.43. The third-order valence-corrected chi connectivity index (χ3v) is 2.65. The maximum atomic E-state index is 9.09. The molecule has 0 spiro atoms. The van der Waals surface area contributed by atoms with Crippen LogP contribution in [0.3, 0.4) is 0 Å². The van der Waals surface area contributed by atoms with Crippen molar-refractivity contribution in [2.24, 2.45) is 0 Å². The first-order valence-electron chi connectivity index (χ1n) is 4.90. The first-order valence-corrected chi connectivity index (χ1v) is 5.69. The van der Waals surface area contributed by atoms with E-state index in [4.69, 9.17) is 5.11 Å². The van der Waals surface area contributed by atoms with Crippen molar-refractivity contribution in [2.45, 2.75) is 13.5 Å². The Morgan fingerprint density at radius 3 is 2.75 bits per heavy atom. The van der Waals surface area contributed by atoms with Gasteiger partial charge in [0.15, 0.2) is 5.82 Å². The minimum absolute atomic E-state index is 0.0651. The molecule has 0 saturated heterocycles. The fourth-order valence-corrected chi connectivity index (χ4v) is 1.87. The molecule has 0 fully saturated rings. The topological polar surface area (TPSA) is 46.0 Å². The average molecular weight is 279 g/mol. The van der Waals surface area contributed by atoms with E-state index in [1.54, 1.807) is 6.07 Å². The Balaban J connectivity index is 2.51. The highest BCUT2D eigenvalue weighted by Crippen LogP contribution is 2.20. The van der Waals surface area contributed by atoms with E-state index in [2.05, 4.69) is 25.9 Å². The van der Waals surface area contributed by atoms with Crippen LogP contribution in [0.25, 0.3) is 11.4 Å². The van der Waals surface area contributed by atoms with E-state index in [9.17, 15) is 0 Å². The minimum Gasteiger partial charge on any atom is -0.390 e. The van der Waals surface area contributed by atoms with Crippen LogP contribution in [0.4, 0.5) is 0 Å². The number of hydrogen-bond acceptors (Lipinski definition) is 3. The second kappa shape index (κ2) is 4.72. The van der Waals surface area contributed by atoms with Crippen LogP contribution in [-0.2, 0) is 6.61 Å². The van der Waals surface area contributed by atoms with E-state index >= 15 is 0 Å². The summed E-state index contributed by atoms with van der Waals surface area (Å²) in [5.74, 6) is 0.644. The van der Waals surface area contributed by atoms with Crippen LogP contribution in [0, 0.1) is 6.92 Å². The minimum atomic E-state index is -0.0651. The summed E-state index contributed by atoms with van der Waals surface area (Å²) >= 11 is 3.41. The molecule has 82 valence electrons. The molecule has 0 amide bonds. The average Bonchev–Trinajstić information content (AvgIpc) is 2.28. The van der Waals surface area contributed by atoms with E-state index in [1.165, 1.54) is 0 Å². The Morgan fingerprint density at radius 2 is 2.06 bits per heavy atom. The van der Waals surface area contributed by atoms with Gasteiger partial charge in [0.05, 0.1) is 12.3 Å². The van der Waals surface area contributed by atoms with E-state index in [0.717, 1.165) is 15.7 Å². The van der Waals surface area contributed by atoms with E-state index < -0.39 is 0 Å². The molecule has 0 saturated carbocycles. The van der Waals surface area contributed by atoms with Gasteiger partial charge in [-0.1, -0.05) is 28.1 Å². The smallest absolute Gasteiger partial charge is 0.159 e. The van der Waals surface area contributed by atoms with Crippen molar-refractivity contribution < 1.29 is 5.11 Å². The van der Waals surface area contributed by atoms with Gasteiger partial charge in [0, 0.05) is 15.7 Å². The molecular formula is C12H11BrN2O. The molecule has 0 bridgehead atoms.